The molecule has 10 nitrogen and oxygen atoms in total. The van der Waals surface area contributed by atoms with Crippen molar-refractivity contribution in [2.75, 3.05) is 12.4 Å². The largest absolute Gasteiger partial charge is 0.403 e. The second kappa shape index (κ2) is 9.65. The molecule has 0 spiro atoms. The van der Waals surface area contributed by atoms with Crippen LogP contribution in [0.4, 0.5) is 6.01 Å². The molecule has 1 amide bonds. The van der Waals surface area contributed by atoms with Gasteiger partial charge in [-0.25, -0.2) is 16.8 Å². The van der Waals surface area contributed by atoms with Crippen LogP contribution in [0, 0.1) is 0 Å². The minimum Gasteiger partial charge on any atom is -0.403 e. The van der Waals surface area contributed by atoms with Gasteiger partial charge in [-0.3, -0.25) is 10.1 Å². The Morgan fingerprint density at radius 1 is 0.941 bits per heavy atom. The van der Waals surface area contributed by atoms with E-state index in [-0.39, 0.29) is 33.3 Å². The smallest absolute Gasteiger partial charge is 0.322 e. The number of hydrogen-bond donors (Lipinski definition) is 1. The third kappa shape index (κ3) is 5.18. The van der Waals surface area contributed by atoms with Crippen LogP contribution in [0.5, 0.6) is 0 Å². The van der Waals surface area contributed by atoms with Gasteiger partial charge in [-0.2, -0.15) is 4.31 Å². The highest BCUT2D eigenvalue weighted by Crippen LogP contribution is 2.25. The highest BCUT2D eigenvalue weighted by molar-refractivity contribution is 7.92. The fourth-order valence-corrected chi connectivity index (χ4v) is 5.33. The lowest BCUT2D eigenvalue weighted by molar-refractivity contribution is 0.102. The molecule has 0 bridgehead atoms. The zero-order valence-corrected chi connectivity index (χ0v) is 21.0. The second-order valence-corrected chi connectivity index (χ2v) is 12.6. The molecule has 0 saturated heterocycles. The van der Waals surface area contributed by atoms with Gasteiger partial charge in [0.1, 0.15) is 0 Å². The van der Waals surface area contributed by atoms with Crippen LogP contribution >= 0.6 is 0 Å². The van der Waals surface area contributed by atoms with Crippen LogP contribution in [0.25, 0.3) is 11.5 Å². The van der Waals surface area contributed by atoms with Gasteiger partial charge < -0.3 is 4.42 Å². The summed E-state index contributed by atoms with van der Waals surface area (Å²) in [5.74, 6) is -0.540. The summed E-state index contributed by atoms with van der Waals surface area (Å²) in [6.07, 6.45) is 0. The van der Waals surface area contributed by atoms with Crippen molar-refractivity contribution in [1.82, 2.24) is 14.5 Å². The number of nitrogens with zero attached hydrogens (tertiary/aromatic N) is 3. The topological polar surface area (TPSA) is 140 Å². The normalized spacial score (nSPS) is 12.5. The SMILES string of the molecule is CC(C)N(C)S(=O)(=O)c1ccc(C(=O)Nc2nnc(-c3cccc(S(=O)(=O)C(C)C)c3)o2)cc1. The molecular weight excluding hydrogens is 480 g/mol. The van der Waals surface area contributed by atoms with Crippen LogP contribution in [0.15, 0.2) is 62.7 Å². The van der Waals surface area contributed by atoms with Crippen molar-refractivity contribution in [2.45, 2.75) is 48.8 Å². The van der Waals surface area contributed by atoms with Crippen LogP contribution in [0.3, 0.4) is 0 Å². The van der Waals surface area contributed by atoms with Crippen LogP contribution < -0.4 is 5.32 Å². The summed E-state index contributed by atoms with van der Waals surface area (Å²) >= 11 is 0. The number of sulfonamides is 1. The summed E-state index contributed by atoms with van der Waals surface area (Å²) in [7, 11) is -5.67. The Bertz CT molecular complexity index is 1400. The van der Waals surface area contributed by atoms with Crippen molar-refractivity contribution < 1.29 is 26.0 Å². The highest BCUT2D eigenvalue weighted by atomic mass is 32.2. The van der Waals surface area contributed by atoms with E-state index in [0.29, 0.717) is 5.56 Å². The van der Waals surface area contributed by atoms with E-state index >= 15 is 0 Å². The van der Waals surface area contributed by atoms with E-state index in [9.17, 15) is 21.6 Å². The fourth-order valence-electron chi connectivity index (χ4n) is 2.86. The molecule has 0 aliphatic carbocycles. The summed E-state index contributed by atoms with van der Waals surface area (Å²) in [5, 5.41) is 9.52. The first kappa shape index (κ1) is 25.5. The van der Waals surface area contributed by atoms with Crippen molar-refractivity contribution >= 4 is 31.8 Å². The van der Waals surface area contributed by atoms with Gasteiger partial charge in [-0.15, -0.1) is 5.10 Å². The molecule has 0 unspecified atom stereocenters. The number of carbonyl (C=O) groups is 1. The average Bonchev–Trinajstić information content (AvgIpc) is 3.27. The number of aromatic nitrogens is 2. The standard InChI is InChI=1S/C22H26N4O6S2/c1-14(2)26(5)34(30,31)18-11-9-16(10-12-18)20(27)23-22-25-24-21(32-22)17-7-6-8-19(13-17)33(28,29)15(3)4/h6-15H,1-5H3,(H,23,25,27). The lowest BCUT2D eigenvalue weighted by Crippen LogP contribution is -2.33. The maximum Gasteiger partial charge on any atom is 0.322 e. The second-order valence-electron chi connectivity index (χ2n) is 8.13. The monoisotopic (exact) mass is 506 g/mol. The van der Waals surface area contributed by atoms with E-state index in [1.54, 1.807) is 39.8 Å². The summed E-state index contributed by atoms with van der Waals surface area (Å²) in [5.41, 5.74) is 0.578. The molecule has 1 heterocycles. The van der Waals surface area contributed by atoms with E-state index in [2.05, 4.69) is 15.5 Å². The molecule has 182 valence electrons. The summed E-state index contributed by atoms with van der Waals surface area (Å²) in [6, 6.07) is 11.2. The molecule has 12 heteroatoms. The quantitative estimate of drug-likeness (QED) is 0.491. The molecule has 1 N–H and O–H groups in total. The fraction of sp³-hybridized carbons (Fsp3) is 0.318. The van der Waals surface area contributed by atoms with Gasteiger partial charge in [-0.05, 0) is 70.2 Å². The molecule has 0 aliphatic heterocycles. The van der Waals surface area contributed by atoms with Crippen molar-refractivity contribution in [3.05, 3.63) is 54.1 Å². The molecule has 3 rings (SSSR count). The van der Waals surface area contributed by atoms with Gasteiger partial charge in [0, 0.05) is 24.2 Å². The van der Waals surface area contributed by atoms with E-state index in [4.69, 9.17) is 4.42 Å². The van der Waals surface area contributed by atoms with Crippen molar-refractivity contribution in [3.63, 3.8) is 0 Å². The van der Waals surface area contributed by atoms with Crippen molar-refractivity contribution in [3.8, 4) is 11.5 Å². The maximum absolute atomic E-state index is 12.6. The Balaban J connectivity index is 1.77. The minimum absolute atomic E-state index is 0.0364. The van der Waals surface area contributed by atoms with E-state index in [1.165, 1.54) is 47.8 Å². The lowest BCUT2D eigenvalue weighted by atomic mass is 10.2. The van der Waals surface area contributed by atoms with Gasteiger partial charge in [0.2, 0.25) is 15.9 Å². The van der Waals surface area contributed by atoms with Gasteiger partial charge >= 0.3 is 6.01 Å². The van der Waals surface area contributed by atoms with Gasteiger partial charge in [0.15, 0.2) is 9.84 Å². The molecular formula is C22H26N4O6S2. The van der Waals surface area contributed by atoms with E-state index < -0.39 is 31.0 Å². The summed E-state index contributed by atoms with van der Waals surface area (Å²) < 4.78 is 56.7. The number of benzene rings is 2. The Kier molecular flexibility index (Phi) is 7.24. The van der Waals surface area contributed by atoms with Crippen LogP contribution in [-0.4, -0.2) is 55.6 Å². The lowest BCUT2D eigenvalue weighted by Gasteiger charge is -2.20. The molecule has 1 aromatic heterocycles. The molecule has 0 aliphatic rings. The number of nitrogens with one attached hydrogen (secondary N) is 1. The Morgan fingerprint density at radius 3 is 2.18 bits per heavy atom. The third-order valence-electron chi connectivity index (χ3n) is 5.20. The summed E-state index contributed by atoms with van der Waals surface area (Å²) in [4.78, 5) is 12.7. The Labute approximate surface area is 199 Å². The van der Waals surface area contributed by atoms with Crippen LogP contribution in [-0.2, 0) is 19.9 Å². The zero-order valence-electron chi connectivity index (χ0n) is 19.4. The number of hydrogen-bond acceptors (Lipinski definition) is 8. The van der Waals surface area contributed by atoms with Gasteiger partial charge in [0.05, 0.1) is 15.0 Å². The Morgan fingerprint density at radius 2 is 1.59 bits per heavy atom. The van der Waals surface area contributed by atoms with Crippen LogP contribution in [0.2, 0.25) is 0 Å². The number of sulfone groups is 1. The minimum atomic E-state index is -3.67. The third-order valence-corrected chi connectivity index (χ3v) is 9.40. The van der Waals surface area contributed by atoms with Gasteiger partial charge in [-0.1, -0.05) is 11.2 Å². The zero-order chi connectivity index (χ0) is 25.3. The first-order chi connectivity index (χ1) is 15.8. The van der Waals surface area contributed by atoms with Crippen LogP contribution in [0.1, 0.15) is 38.1 Å². The number of anilines is 1. The predicted molar refractivity (Wildman–Crippen MR) is 127 cm³/mol. The van der Waals surface area contributed by atoms with E-state index in [1.807, 2.05) is 0 Å². The number of rotatable bonds is 8. The number of amides is 1. The summed E-state index contributed by atoms with van der Waals surface area (Å²) in [6.45, 7) is 6.70. The predicted octanol–water partition coefficient (Wildman–Crippen LogP) is 3.20. The maximum atomic E-state index is 12.6. The average molecular weight is 507 g/mol. The Hall–Kier alpha value is -3.09. The van der Waals surface area contributed by atoms with Crippen molar-refractivity contribution in [1.29, 1.82) is 0 Å². The van der Waals surface area contributed by atoms with Gasteiger partial charge in [0.25, 0.3) is 5.91 Å². The molecule has 2 aromatic carbocycles. The highest BCUT2D eigenvalue weighted by Gasteiger charge is 2.24. The molecule has 0 atom stereocenters. The first-order valence-electron chi connectivity index (χ1n) is 10.4. The first-order valence-corrected chi connectivity index (χ1v) is 13.4. The molecule has 0 fully saturated rings. The molecule has 0 saturated carbocycles. The van der Waals surface area contributed by atoms with E-state index in [0.717, 1.165) is 0 Å². The van der Waals surface area contributed by atoms with Crippen molar-refractivity contribution in [2.24, 2.45) is 0 Å². The molecule has 0 radical (unpaired) electrons. The number of carbonyl (C=O) groups excluding carboxylic acids is 1. The molecule has 34 heavy (non-hydrogen) atoms. The molecule has 3 aromatic rings.